The molecular formula is C20H26N2O5S. The van der Waals surface area contributed by atoms with Gasteiger partial charge in [-0.25, -0.2) is 8.42 Å². The number of nitrogens with one attached hydrogen (secondary N) is 1. The summed E-state index contributed by atoms with van der Waals surface area (Å²) in [6, 6.07) is 12.6. The summed E-state index contributed by atoms with van der Waals surface area (Å²) in [6.45, 7) is 6.20. The van der Waals surface area contributed by atoms with E-state index in [2.05, 4.69) is 5.32 Å². The molecule has 2 aromatic rings. The summed E-state index contributed by atoms with van der Waals surface area (Å²) in [6.07, 6.45) is 1.07. The van der Waals surface area contributed by atoms with E-state index >= 15 is 0 Å². The average Bonchev–Trinajstić information content (AvgIpc) is 2.64. The number of para-hydroxylation sites is 2. The summed E-state index contributed by atoms with van der Waals surface area (Å²) < 4.78 is 36.8. The minimum Gasteiger partial charge on any atom is -0.494 e. The fraction of sp³-hybridized carbons (Fsp3) is 0.350. The van der Waals surface area contributed by atoms with Crippen LogP contribution in [0.5, 0.6) is 11.5 Å². The van der Waals surface area contributed by atoms with Crippen molar-refractivity contribution in [1.29, 1.82) is 0 Å². The van der Waals surface area contributed by atoms with Gasteiger partial charge < -0.3 is 14.8 Å². The van der Waals surface area contributed by atoms with Crippen LogP contribution >= 0.6 is 0 Å². The van der Waals surface area contributed by atoms with Crippen LogP contribution in [0.1, 0.15) is 20.8 Å². The highest BCUT2D eigenvalue weighted by Gasteiger charge is 2.29. The fourth-order valence-electron chi connectivity index (χ4n) is 2.75. The molecule has 7 nitrogen and oxygen atoms in total. The molecule has 1 amide bonds. The Balaban J connectivity index is 2.28. The first-order valence-electron chi connectivity index (χ1n) is 9.02. The Morgan fingerprint density at radius 1 is 1.04 bits per heavy atom. The molecule has 152 valence electrons. The topological polar surface area (TPSA) is 84.9 Å². The Hall–Kier alpha value is -2.74. The van der Waals surface area contributed by atoms with E-state index < -0.39 is 22.0 Å². The lowest BCUT2D eigenvalue weighted by molar-refractivity contribution is -0.116. The molecular weight excluding hydrogens is 380 g/mol. The Bertz CT molecular complexity index is 897. The quantitative estimate of drug-likeness (QED) is 0.691. The first-order valence-corrected chi connectivity index (χ1v) is 10.9. The lowest BCUT2D eigenvalue weighted by Gasteiger charge is -2.28. The molecule has 0 bridgehead atoms. The number of nitrogens with zero attached hydrogens (tertiary/aromatic N) is 1. The summed E-state index contributed by atoms with van der Waals surface area (Å²) >= 11 is 0. The average molecular weight is 407 g/mol. The van der Waals surface area contributed by atoms with Gasteiger partial charge in [-0.2, -0.15) is 0 Å². The van der Waals surface area contributed by atoms with Crippen molar-refractivity contribution in [1.82, 2.24) is 0 Å². The highest BCUT2D eigenvalue weighted by Crippen LogP contribution is 2.27. The van der Waals surface area contributed by atoms with Crippen molar-refractivity contribution >= 4 is 27.3 Å². The monoisotopic (exact) mass is 406 g/mol. The van der Waals surface area contributed by atoms with E-state index in [1.807, 2.05) is 13.8 Å². The summed E-state index contributed by atoms with van der Waals surface area (Å²) in [5.74, 6) is 0.687. The summed E-state index contributed by atoms with van der Waals surface area (Å²) in [5.41, 5.74) is 0.869. The molecule has 0 spiro atoms. The van der Waals surface area contributed by atoms with Crippen molar-refractivity contribution in [3.63, 3.8) is 0 Å². The standard InChI is InChI=1S/C20H26N2O5S/c1-5-26-17-13-11-16(12-14-17)22(28(4,24)25)15(3)20(23)21-18-9-7-8-10-19(18)27-6-2/h7-15H,5-6H2,1-4H3,(H,21,23)/t15-/m0/s1. The van der Waals surface area contributed by atoms with Gasteiger partial charge in [0.25, 0.3) is 0 Å². The third-order valence-corrected chi connectivity index (χ3v) is 5.18. The van der Waals surface area contributed by atoms with Crippen LogP contribution in [0.4, 0.5) is 11.4 Å². The molecule has 0 unspecified atom stereocenters. The Morgan fingerprint density at radius 2 is 1.64 bits per heavy atom. The number of carbonyl (C=O) groups is 1. The molecule has 0 heterocycles. The number of rotatable bonds is 9. The molecule has 8 heteroatoms. The van der Waals surface area contributed by atoms with E-state index in [-0.39, 0.29) is 0 Å². The molecule has 0 radical (unpaired) electrons. The zero-order valence-corrected chi connectivity index (χ0v) is 17.3. The lowest BCUT2D eigenvalue weighted by Crippen LogP contribution is -2.45. The molecule has 0 saturated carbocycles. The summed E-state index contributed by atoms with van der Waals surface area (Å²) in [5, 5.41) is 2.75. The van der Waals surface area contributed by atoms with E-state index in [1.54, 1.807) is 48.5 Å². The Kier molecular flexibility index (Phi) is 7.28. The van der Waals surface area contributed by atoms with Crippen molar-refractivity contribution in [3.05, 3.63) is 48.5 Å². The SMILES string of the molecule is CCOc1ccc(N([C@@H](C)C(=O)Nc2ccccc2OCC)S(C)(=O)=O)cc1. The zero-order chi connectivity index (χ0) is 20.7. The largest absolute Gasteiger partial charge is 0.494 e. The second-order valence-corrected chi connectivity index (χ2v) is 7.94. The van der Waals surface area contributed by atoms with Gasteiger partial charge in [-0.1, -0.05) is 12.1 Å². The molecule has 2 aromatic carbocycles. The van der Waals surface area contributed by atoms with Crippen molar-refractivity contribution in [2.45, 2.75) is 26.8 Å². The Morgan fingerprint density at radius 3 is 2.21 bits per heavy atom. The molecule has 0 aromatic heterocycles. The maximum Gasteiger partial charge on any atom is 0.248 e. The van der Waals surface area contributed by atoms with Gasteiger partial charge in [0.1, 0.15) is 17.5 Å². The molecule has 0 aliphatic carbocycles. The lowest BCUT2D eigenvalue weighted by atomic mass is 10.2. The molecule has 28 heavy (non-hydrogen) atoms. The van der Waals surface area contributed by atoms with Crippen LogP contribution in [-0.2, 0) is 14.8 Å². The number of sulfonamides is 1. The number of benzene rings is 2. The van der Waals surface area contributed by atoms with E-state index in [1.165, 1.54) is 6.92 Å². The van der Waals surface area contributed by atoms with Gasteiger partial charge >= 0.3 is 0 Å². The highest BCUT2D eigenvalue weighted by molar-refractivity contribution is 7.92. The smallest absolute Gasteiger partial charge is 0.248 e. The molecule has 0 saturated heterocycles. The van der Waals surface area contributed by atoms with E-state index in [0.29, 0.717) is 36.1 Å². The Labute approximate surface area is 166 Å². The number of amides is 1. The second kappa shape index (κ2) is 9.45. The zero-order valence-electron chi connectivity index (χ0n) is 16.5. The van der Waals surface area contributed by atoms with Crippen molar-refractivity contribution in [2.24, 2.45) is 0 Å². The number of carbonyl (C=O) groups excluding carboxylic acids is 1. The van der Waals surface area contributed by atoms with Gasteiger partial charge in [0.15, 0.2) is 0 Å². The van der Waals surface area contributed by atoms with Crippen LogP contribution in [0, 0.1) is 0 Å². The minimum atomic E-state index is -3.70. The third-order valence-electron chi connectivity index (χ3n) is 3.94. The summed E-state index contributed by atoms with van der Waals surface area (Å²) in [7, 11) is -3.70. The van der Waals surface area contributed by atoms with Crippen LogP contribution in [0.15, 0.2) is 48.5 Å². The van der Waals surface area contributed by atoms with Crippen LogP contribution in [0.3, 0.4) is 0 Å². The van der Waals surface area contributed by atoms with Crippen LogP contribution < -0.4 is 19.1 Å². The van der Waals surface area contributed by atoms with Gasteiger partial charge in [-0.15, -0.1) is 0 Å². The molecule has 1 N–H and O–H groups in total. The maximum absolute atomic E-state index is 12.8. The van der Waals surface area contributed by atoms with Gasteiger partial charge in [-0.3, -0.25) is 9.10 Å². The van der Waals surface area contributed by atoms with Crippen molar-refractivity contribution in [2.75, 3.05) is 29.1 Å². The number of ether oxygens (including phenoxy) is 2. The van der Waals surface area contributed by atoms with E-state index in [4.69, 9.17) is 9.47 Å². The fourth-order valence-corrected chi connectivity index (χ4v) is 3.93. The van der Waals surface area contributed by atoms with Gasteiger partial charge in [0.2, 0.25) is 15.9 Å². The second-order valence-electron chi connectivity index (χ2n) is 6.08. The number of hydrogen-bond donors (Lipinski definition) is 1. The van der Waals surface area contributed by atoms with E-state index in [0.717, 1.165) is 10.6 Å². The first kappa shape index (κ1) is 21.6. The molecule has 0 aliphatic heterocycles. The number of anilines is 2. The van der Waals surface area contributed by atoms with E-state index in [9.17, 15) is 13.2 Å². The summed E-state index contributed by atoms with van der Waals surface area (Å²) in [4.78, 5) is 12.8. The van der Waals surface area contributed by atoms with Gasteiger partial charge in [-0.05, 0) is 57.2 Å². The third kappa shape index (κ3) is 5.39. The highest BCUT2D eigenvalue weighted by atomic mass is 32.2. The first-order chi connectivity index (χ1) is 13.3. The van der Waals surface area contributed by atoms with Crippen molar-refractivity contribution in [3.8, 4) is 11.5 Å². The van der Waals surface area contributed by atoms with Crippen LogP contribution in [-0.4, -0.2) is 39.8 Å². The van der Waals surface area contributed by atoms with Crippen LogP contribution in [0.2, 0.25) is 0 Å². The van der Waals surface area contributed by atoms with Gasteiger partial charge in [0, 0.05) is 0 Å². The predicted molar refractivity (Wildman–Crippen MR) is 111 cm³/mol. The van der Waals surface area contributed by atoms with Crippen molar-refractivity contribution < 1.29 is 22.7 Å². The minimum absolute atomic E-state index is 0.381. The van der Waals surface area contributed by atoms with Crippen LogP contribution in [0.25, 0.3) is 0 Å². The molecule has 0 aliphatic rings. The van der Waals surface area contributed by atoms with Gasteiger partial charge in [0.05, 0.1) is 30.8 Å². The molecule has 2 rings (SSSR count). The normalized spacial score (nSPS) is 12.1. The molecule has 0 fully saturated rings. The molecule has 1 atom stereocenters. The maximum atomic E-state index is 12.8. The number of hydrogen-bond acceptors (Lipinski definition) is 5. The predicted octanol–water partition coefficient (Wildman–Crippen LogP) is 3.28.